The van der Waals surface area contributed by atoms with Crippen molar-refractivity contribution in [3.63, 3.8) is 0 Å². The predicted octanol–water partition coefficient (Wildman–Crippen LogP) is 3.05. The lowest BCUT2D eigenvalue weighted by molar-refractivity contribution is 0.0695. The summed E-state index contributed by atoms with van der Waals surface area (Å²) in [5.41, 5.74) is 1.25. The van der Waals surface area contributed by atoms with E-state index in [0.717, 1.165) is 5.56 Å². The number of halogens is 1. The second-order valence-corrected chi connectivity index (χ2v) is 6.02. The largest absolute Gasteiger partial charge is 0.478 e. The quantitative estimate of drug-likeness (QED) is 0.671. The van der Waals surface area contributed by atoms with Crippen molar-refractivity contribution in [3.8, 4) is 0 Å². The van der Waals surface area contributed by atoms with Gasteiger partial charge in [-0.3, -0.25) is 0 Å². The summed E-state index contributed by atoms with van der Waals surface area (Å²) in [7, 11) is 0. The summed E-state index contributed by atoms with van der Waals surface area (Å²) in [6.45, 7) is 3.99. The average molecular weight is 290 g/mol. The highest BCUT2D eigenvalue weighted by Crippen LogP contribution is 2.32. The maximum Gasteiger partial charge on any atom is 0.336 e. The van der Waals surface area contributed by atoms with Gasteiger partial charge in [0.05, 0.1) is 5.56 Å². The van der Waals surface area contributed by atoms with E-state index in [-0.39, 0.29) is 3.42 Å². The minimum atomic E-state index is -0.861. The van der Waals surface area contributed by atoms with Gasteiger partial charge in [-0.2, -0.15) is 0 Å². The SMILES string of the molecule is CC(C)(I)c1ccccc1C(=O)O. The summed E-state index contributed by atoms with van der Waals surface area (Å²) in [5, 5.41) is 8.93. The van der Waals surface area contributed by atoms with Crippen molar-refractivity contribution < 1.29 is 9.90 Å². The summed E-state index contributed by atoms with van der Waals surface area (Å²) in [6.07, 6.45) is 0. The van der Waals surface area contributed by atoms with Crippen LogP contribution >= 0.6 is 22.6 Å². The molecule has 0 heterocycles. The van der Waals surface area contributed by atoms with E-state index in [0.29, 0.717) is 5.56 Å². The first-order chi connectivity index (χ1) is 5.93. The van der Waals surface area contributed by atoms with Crippen LogP contribution in [0.3, 0.4) is 0 Å². The molecule has 0 saturated heterocycles. The summed E-state index contributed by atoms with van der Waals surface area (Å²) >= 11 is 2.24. The fourth-order valence-electron chi connectivity index (χ4n) is 1.19. The second-order valence-electron chi connectivity index (χ2n) is 3.32. The molecular formula is C10H11IO2. The molecule has 1 rings (SSSR count). The molecule has 13 heavy (non-hydrogen) atoms. The highest BCUT2D eigenvalue weighted by Gasteiger charge is 2.21. The lowest BCUT2D eigenvalue weighted by Gasteiger charge is -2.18. The number of hydrogen-bond donors (Lipinski definition) is 1. The lowest BCUT2D eigenvalue weighted by atomic mass is 9.97. The van der Waals surface area contributed by atoms with Gasteiger partial charge in [-0.1, -0.05) is 40.8 Å². The third-order valence-corrected chi connectivity index (χ3v) is 2.38. The Hall–Kier alpha value is -0.580. The minimum absolute atomic E-state index is 0.146. The Bertz CT molecular complexity index is 326. The number of carboxylic acid groups (broad SMARTS) is 1. The summed E-state index contributed by atoms with van der Waals surface area (Å²) in [6, 6.07) is 7.10. The molecule has 1 N–H and O–H groups in total. The Labute approximate surface area is 91.1 Å². The van der Waals surface area contributed by atoms with Gasteiger partial charge in [0.2, 0.25) is 0 Å². The van der Waals surface area contributed by atoms with E-state index in [9.17, 15) is 4.79 Å². The fourth-order valence-corrected chi connectivity index (χ4v) is 1.66. The Morgan fingerprint density at radius 1 is 1.38 bits per heavy atom. The van der Waals surface area contributed by atoms with Crippen LogP contribution in [0.1, 0.15) is 29.8 Å². The van der Waals surface area contributed by atoms with Gasteiger partial charge in [-0.25, -0.2) is 4.79 Å². The second kappa shape index (κ2) is 3.65. The van der Waals surface area contributed by atoms with Crippen molar-refractivity contribution in [2.45, 2.75) is 17.3 Å². The van der Waals surface area contributed by atoms with Gasteiger partial charge in [0.15, 0.2) is 0 Å². The molecule has 0 aliphatic rings. The Balaban J connectivity index is 3.28. The van der Waals surface area contributed by atoms with Gasteiger partial charge in [0, 0.05) is 3.42 Å². The molecule has 70 valence electrons. The summed E-state index contributed by atoms with van der Waals surface area (Å²) in [5.74, 6) is -0.861. The van der Waals surface area contributed by atoms with E-state index in [1.807, 2.05) is 26.0 Å². The van der Waals surface area contributed by atoms with Crippen LogP contribution in [0.25, 0.3) is 0 Å². The number of aromatic carboxylic acids is 1. The average Bonchev–Trinajstić information content (AvgIpc) is 2.03. The number of carbonyl (C=O) groups is 1. The first-order valence-electron chi connectivity index (χ1n) is 3.94. The van der Waals surface area contributed by atoms with Crippen molar-refractivity contribution in [1.82, 2.24) is 0 Å². The highest BCUT2D eigenvalue weighted by atomic mass is 127. The predicted molar refractivity (Wildman–Crippen MR) is 60.4 cm³/mol. The molecule has 0 radical (unpaired) electrons. The maximum atomic E-state index is 10.9. The van der Waals surface area contributed by atoms with Crippen molar-refractivity contribution in [2.75, 3.05) is 0 Å². The zero-order valence-corrected chi connectivity index (χ0v) is 9.70. The zero-order chi connectivity index (χ0) is 10.1. The van der Waals surface area contributed by atoms with E-state index in [2.05, 4.69) is 22.6 Å². The third kappa shape index (κ3) is 2.43. The molecule has 3 heteroatoms. The number of carboxylic acids is 1. The monoisotopic (exact) mass is 290 g/mol. The zero-order valence-electron chi connectivity index (χ0n) is 7.54. The fraction of sp³-hybridized carbons (Fsp3) is 0.300. The molecular weight excluding hydrogens is 279 g/mol. The van der Waals surface area contributed by atoms with Crippen molar-refractivity contribution >= 4 is 28.6 Å². The first-order valence-corrected chi connectivity index (χ1v) is 5.02. The smallest absolute Gasteiger partial charge is 0.336 e. The van der Waals surface area contributed by atoms with Crippen LogP contribution in [-0.4, -0.2) is 11.1 Å². The molecule has 2 nitrogen and oxygen atoms in total. The summed E-state index contributed by atoms with van der Waals surface area (Å²) in [4.78, 5) is 10.9. The van der Waals surface area contributed by atoms with Gasteiger partial charge < -0.3 is 5.11 Å². The van der Waals surface area contributed by atoms with Gasteiger partial charge in [-0.05, 0) is 25.5 Å². The van der Waals surface area contributed by atoms with Crippen LogP contribution < -0.4 is 0 Å². The molecule has 0 amide bonds. The number of benzene rings is 1. The van der Waals surface area contributed by atoms with Crippen LogP contribution in [-0.2, 0) is 3.42 Å². The van der Waals surface area contributed by atoms with Gasteiger partial charge in [-0.15, -0.1) is 0 Å². The van der Waals surface area contributed by atoms with Crippen LogP contribution in [0, 0.1) is 0 Å². The molecule has 0 aliphatic carbocycles. The van der Waals surface area contributed by atoms with Gasteiger partial charge in [0.1, 0.15) is 0 Å². The highest BCUT2D eigenvalue weighted by molar-refractivity contribution is 14.1. The van der Waals surface area contributed by atoms with Gasteiger partial charge >= 0.3 is 5.97 Å². The van der Waals surface area contributed by atoms with Gasteiger partial charge in [0.25, 0.3) is 0 Å². The molecule has 0 aliphatic heterocycles. The van der Waals surface area contributed by atoms with E-state index >= 15 is 0 Å². The lowest BCUT2D eigenvalue weighted by Crippen LogP contribution is -2.13. The number of rotatable bonds is 2. The van der Waals surface area contributed by atoms with Crippen molar-refractivity contribution in [2.24, 2.45) is 0 Å². The number of hydrogen-bond acceptors (Lipinski definition) is 1. The van der Waals surface area contributed by atoms with Crippen molar-refractivity contribution in [1.29, 1.82) is 0 Å². The molecule has 1 aromatic rings. The Morgan fingerprint density at radius 3 is 2.31 bits per heavy atom. The third-order valence-electron chi connectivity index (χ3n) is 1.80. The Kier molecular flexibility index (Phi) is 2.95. The van der Waals surface area contributed by atoms with E-state index in [1.54, 1.807) is 12.1 Å². The van der Waals surface area contributed by atoms with Crippen LogP contribution in [0.4, 0.5) is 0 Å². The molecule has 0 spiro atoms. The molecule has 0 saturated carbocycles. The molecule has 1 aromatic carbocycles. The van der Waals surface area contributed by atoms with Crippen LogP contribution in [0.2, 0.25) is 0 Å². The summed E-state index contributed by atoms with van der Waals surface area (Å²) < 4.78 is -0.146. The van der Waals surface area contributed by atoms with Crippen LogP contribution in [0.5, 0.6) is 0 Å². The normalized spacial score (nSPS) is 11.3. The molecule has 0 bridgehead atoms. The van der Waals surface area contributed by atoms with E-state index < -0.39 is 5.97 Å². The topological polar surface area (TPSA) is 37.3 Å². The molecule has 0 unspecified atom stereocenters. The maximum absolute atomic E-state index is 10.9. The van der Waals surface area contributed by atoms with E-state index in [4.69, 9.17) is 5.11 Å². The minimum Gasteiger partial charge on any atom is -0.478 e. The van der Waals surface area contributed by atoms with Crippen molar-refractivity contribution in [3.05, 3.63) is 35.4 Å². The van der Waals surface area contributed by atoms with Crippen LogP contribution in [0.15, 0.2) is 24.3 Å². The molecule has 0 aromatic heterocycles. The molecule has 0 fully saturated rings. The first kappa shape index (κ1) is 10.5. The standard InChI is InChI=1S/C10H11IO2/c1-10(2,11)8-6-4-3-5-7(8)9(12)13/h3-6H,1-2H3,(H,12,13). The Morgan fingerprint density at radius 2 is 1.92 bits per heavy atom. The number of alkyl halides is 1. The molecule has 0 atom stereocenters. The van der Waals surface area contributed by atoms with E-state index in [1.165, 1.54) is 0 Å².